The van der Waals surface area contributed by atoms with Crippen LogP contribution in [0.25, 0.3) is 0 Å². The molecule has 2 aromatic rings. The van der Waals surface area contributed by atoms with Gasteiger partial charge >= 0.3 is 0 Å². The summed E-state index contributed by atoms with van der Waals surface area (Å²) in [6.45, 7) is 12.6. The van der Waals surface area contributed by atoms with E-state index in [1.165, 1.54) is 11.1 Å². The molecule has 0 aliphatic carbocycles. The van der Waals surface area contributed by atoms with Crippen molar-refractivity contribution in [2.45, 2.75) is 32.4 Å². The van der Waals surface area contributed by atoms with Crippen molar-refractivity contribution in [1.29, 1.82) is 0 Å². The average molecular weight is 412 g/mol. The van der Waals surface area contributed by atoms with Gasteiger partial charge in [0, 0.05) is 52.4 Å². The Bertz CT molecular complexity index is 730. The van der Waals surface area contributed by atoms with Gasteiger partial charge in [0.25, 0.3) is 0 Å². The summed E-state index contributed by atoms with van der Waals surface area (Å²) in [6, 6.07) is 18.8. The monoisotopic (exact) mass is 411 g/mol. The number of aliphatic hydroxyl groups excluding tert-OH is 1. The standard InChI is InChI=1S/C25H37N3O2/c1-21(2)24-10-6-7-11-25(24)30-20-23(29)18-26-12-13-27-14-16-28(17-15-27)19-22-8-4-3-5-9-22/h3-11,21,23,26,29H,12-20H2,1-2H3. The maximum Gasteiger partial charge on any atom is 0.122 e. The van der Waals surface area contributed by atoms with Crippen molar-refractivity contribution in [3.05, 3.63) is 65.7 Å². The molecule has 0 bridgehead atoms. The average Bonchev–Trinajstić information content (AvgIpc) is 2.77. The van der Waals surface area contributed by atoms with Crippen LogP contribution in [0.4, 0.5) is 0 Å². The van der Waals surface area contributed by atoms with Crippen LogP contribution in [0.1, 0.15) is 30.9 Å². The summed E-state index contributed by atoms with van der Waals surface area (Å²) in [6.07, 6.45) is -0.507. The highest BCUT2D eigenvalue weighted by Crippen LogP contribution is 2.25. The minimum atomic E-state index is -0.507. The highest BCUT2D eigenvalue weighted by atomic mass is 16.5. The second-order valence-corrected chi connectivity index (χ2v) is 8.46. The van der Waals surface area contributed by atoms with E-state index in [9.17, 15) is 5.11 Å². The molecular formula is C25H37N3O2. The van der Waals surface area contributed by atoms with E-state index in [0.717, 1.165) is 51.6 Å². The zero-order valence-electron chi connectivity index (χ0n) is 18.5. The molecule has 0 spiro atoms. The molecule has 5 nitrogen and oxygen atoms in total. The number of ether oxygens (including phenoxy) is 1. The summed E-state index contributed by atoms with van der Waals surface area (Å²) in [5.74, 6) is 1.28. The molecule has 1 atom stereocenters. The van der Waals surface area contributed by atoms with E-state index < -0.39 is 6.10 Å². The molecule has 30 heavy (non-hydrogen) atoms. The van der Waals surface area contributed by atoms with Gasteiger partial charge in [-0.2, -0.15) is 0 Å². The Morgan fingerprint density at radius 1 is 0.933 bits per heavy atom. The fourth-order valence-corrected chi connectivity index (χ4v) is 3.85. The number of hydrogen-bond acceptors (Lipinski definition) is 5. The molecule has 0 radical (unpaired) electrons. The van der Waals surface area contributed by atoms with Gasteiger partial charge in [-0.3, -0.25) is 9.80 Å². The molecule has 2 aromatic carbocycles. The van der Waals surface area contributed by atoms with E-state index in [2.05, 4.69) is 65.4 Å². The first-order valence-electron chi connectivity index (χ1n) is 11.2. The minimum Gasteiger partial charge on any atom is -0.491 e. The summed E-state index contributed by atoms with van der Waals surface area (Å²) >= 11 is 0. The molecule has 1 fully saturated rings. The second kappa shape index (κ2) is 12.1. The van der Waals surface area contributed by atoms with Crippen LogP contribution in [-0.2, 0) is 6.54 Å². The molecule has 164 valence electrons. The van der Waals surface area contributed by atoms with E-state index in [0.29, 0.717) is 19.1 Å². The first-order valence-corrected chi connectivity index (χ1v) is 11.2. The Balaban J connectivity index is 1.27. The van der Waals surface area contributed by atoms with Crippen LogP contribution in [0.15, 0.2) is 54.6 Å². The second-order valence-electron chi connectivity index (χ2n) is 8.46. The van der Waals surface area contributed by atoms with Crippen molar-refractivity contribution < 1.29 is 9.84 Å². The maximum atomic E-state index is 10.2. The normalized spacial score (nSPS) is 16.7. The Morgan fingerprint density at radius 3 is 2.33 bits per heavy atom. The Morgan fingerprint density at radius 2 is 1.60 bits per heavy atom. The number of para-hydroxylation sites is 1. The van der Waals surface area contributed by atoms with Gasteiger partial charge in [0.1, 0.15) is 18.5 Å². The number of piperazine rings is 1. The molecule has 2 N–H and O–H groups in total. The van der Waals surface area contributed by atoms with Crippen molar-refractivity contribution in [2.75, 3.05) is 52.4 Å². The van der Waals surface area contributed by atoms with Crippen molar-refractivity contribution in [2.24, 2.45) is 0 Å². The predicted octanol–water partition coefficient (Wildman–Crippen LogP) is 2.96. The molecular weight excluding hydrogens is 374 g/mol. The largest absolute Gasteiger partial charge is 0.491 e. The van der Waals surface area contributed by atoms with Crippen molar-refractivity contribution in [3.8, 4) is 5.75 Å². The number of nitrogens with one attached hydrogen (secondary N) is 1. The molecule has 1 heterocycles. The molecule has 1 unspecified atom stereocenters. The Labute approximate surface area is 181 Å². The zero-order valence-corrected chi connectivity index (χ0v) is 18.5. The first-order chi connectivity index (χ1) is 14.6. The van der Waals surface area contributed by atoms with Gasteiger partial charge in [-0.1, -0.05) is 62.4 Å². The number of rotatable bonds is 11. The highest BCUT2D eigenvalue weighted by molar-refractivity contribution is 5.35. The van der Waals surface area contributed by atoms with Crippen molar-refractivity contribution in [3.63, 3.8) is 0 Å². The predicted molar refractivity (Wildman–Crippen MR) is 123 cm³/mol. The topological polar surface area (TPSA) is 48.0 Å². The van der Waals surface area contributed by atoms with E-state index in [4.69, 9.17) is 4.74 Å². The lowest BCUT2D eigenvalue weighted by Crippen LogP contribution is -2.48. The summed E-state index contributed by atoms with van der Waals surface area (Å²) in [7, 11) is 0. The van der Waals surface area contributed by atoms with Crippen molar-refractivity contribution in [1.82, 2.24) is 15.1 Å². The molecule has 1 aliphatic rings. The van der Waals surface area contributed by atoms with Crippen LogP contribution < -0.4 is 10.1 Å². The van der Waals surface area contributed by atoms with Gasteiger partial charge in [0.2, 0.25) is 0 Å². The fourth-order valence-electron chi connectivity index (χ4n) is 3.85. The molecule has 0 amide bonds. The summed E-state index contributed by atoms with van der Waals surface area (Å²) in [5, 5.41) is 13.6. The lowest BCUT2D eigenvalue weighted by molar-refractivity contribution is 0.101. The summed E-state index contributed by atoms with van der Waals surface area (Å²) in [5.41, 5.74) is 2.57. The highest BCUT2D eigenvalue weighted by Gasteiger charge is 2.16. The Hall–Kier alpha value is -1.92. The van der Waals surface area contributed by atoms with Gasteiger partial charge in [0.05, 0.1) is 0 Å². The van der Waals surface area contributed by atoms with E-state index >= 15 is 0 Å². The van der Waals surface area contributed by atoms with E-state index in [1.807, 2.05) is 18.2 Å². The minimum absolute atomic E-state index is 0.314. The van der Waals surface area contributed by atoms with Crippen LogP contribution in [0.3, 0.4) is 0 Å². The zero-order chi connectivity index (χ0) is 21.2. The molecule has 1 aliphatic heterocycles. The summed E-state index contributed by atoms with van der Waals surface area (Å²) < 4.78 is 5.86. The molecule has 3 rings (SSSR count). The van der Waals surface area contributed by atoms with Crippen LogP contribution >= 0.6 is 0 Å². The number of benzene rings is 2. The Kier molecular flexibility index (Phi) is 9.15. The number of aliphatic hydroxyl groups is 1. The molecule has 0 saturated carbocycles. The maximum absolute atomic E-state index is 10.2. The number of hydrogen-bond donors (Lipinski definition) is 2. The third kappa shape index (κ3) is 7.40. The van der Waals surface area contributed by atoms with Crippen LogP contribution in [0, 0.1) is 0 Å². The van der Waals surface area contributed by atoms with E-state index in [1.54, 1.807) is 0 Å². The van der Waals surface area contributed by atoms with E-state index in [-0.39, 0.29) is 0 Å². The van der Waals surface area contributed by atoms with Gasteiger partial charge < -0.3 is 15.2 Å². The van der Waals surface area contributed by atoms with Gasteiger partial charge in [-0.05, 0) is 23.1 Å². The molecule has 0 aromatic heterocycles. The third-order valence-corrected chi connectivity index (χ3v) is 5.67. The van der Waals surface area contributed by atoms with Gasteiger partial charge in [0.15, 0.2) is 0 Å². The SMILES string of the molecule is CC(C)c1ccccc1OCC(O)CNCCN1CCN(Cc2ccccc2)CC1. The molecule has 1 saturated heterocycles. The van der Waals surface area contributed by atoms with Gasteiger partial charge in [-0.15, -0.1) is 0 Å². The van der Waals surface area contributed by atoms with Gasteiger partial charge in [-0.25, -0.2) is 0 Å². The fraction of sp³-hybridized carbons (Fsp3) is 0.520. The third-order valence-electron chi connectivity index (χ3n) is 5.67. The first kappa shape index (κ1) is 22.8. The quantitative estimate of drug-likeness (QED) is 0.557. The number of nitrogens with zero attached hydrogens (tertiary/aromatic N) is 2. The summed E-state index contributed by atoms with van der Waals surface area (Å²) in [4.78, 5) is 5.02. The van der Waals surface area contributed by atoms with Crippen LogP contribution in [0.5, 0.6) is 5.75 Å². The van der Waals surface area contributed by atoms with Crippen molar-refractivity contribution >= 4 is 0 Å². The van der Waals surface area contributed by atoms with Crippen LogP contribution in [0.2, 0.25) is 0 Å². The molecule has 5 heteroatoms. The van der Waals surface area contributed by atoms with Crippen LogP contribution in [-0.4, -0.2) is 73.4 Å². The lowest BCUT2D eigenvalue weighted by atomic mass is 10.0. The lowest BCUT2D eigenvalue weighted by Gasteiger charge is -2.34. The smallest absolute Gasteiger partial charge is 0.122 e.